The number of halogens is 4. The molecule has 0 unspecified atom stereocenters. The minimum atomic E-state index is -4.38. The van der Waals surface area contributed by atoms with E-state index in [1.807, 2.05) is 4.90 Å². The van der Waals surface area contributed by atoms with Gasteiger partial charge in [0, 0.05) is 36.9 Å². The molecule has 0 bridgehead atoms. The SMILES string of the molecule is FC(F)(F)c1csc(N2CCC(COc3ccncc3Cl)CC2)n1. The molecular weight excluding hydrogens is 363 g/mol. The van der Waals surface area contributed by atoms with Crippen molar-refractivity contribution in [3.05, 3.63) is 34.6 Å². The van der Waals surface area contributed by atoms with Gasteiger partial charge in [0.05, 0.1) is 6.61 Å². The number of rotatable bonds is 4. The van der Waals surface area contributed by atoms with Gasteiger partial charge >= 0.3 is 6.18 Å². The quantitative estimate of drug-likeness (QED) is 0.786. The Kier molecular flexibility index (Phi) is 5.15. The van der Waals surface area contributed by atoms with E-state index < -0.39 is 11.9 Å². The first kappa shape index (κ1) is 17.3. The second-order valence-electron chi connectivity index (χ2n) is 5.56. The molecule has 3 heterocycles. The Balaban J connectivity index is 1.51. The zero-order valence-corrected chi connectivity index (χ0v) is 14.2. The number of nitrogens with zero attached hydrogens (tertiary/aromatic N) is 3. The number of thiazole rings is 1. The van der Waals surface area contributed by atoms with Crippen molar-refractivity contribution < 1.29 is 17.9 Å². The molecule has 24 heavy (non-hydrogen) atoms. The first-order chi connectivity index (χ1) is 11.4. The number of ether oxygens (including phenoxy) is 1. The fourth-order valence-corrected chi connectivity index (χ4v) is 3.58. The van der Waals surface area contributed by atoms with Gasteiger partial charge in [-0.05, 0) is 18.8 Å². The molecule has 3 rings (SSSR count). The van der Waals surface area contributed by atoms with Crippen molar-refractivity contribution in [1.82, 2.24) is 9.97 Å². The van der Waals surface area contributed by atoms with Crippen LogP contribution in [0, 0.1) is 5.92 Å². The summed E-state index contributed by atoms with van der Waals surface area (Å²) in [5.74, 6) is 0.941. The molecule has 0 N–H and O–H groups in total. The van der Waals surface area contributed by atoms with E-state index in [4.69, 9.17) is 16.3 Å². The van der Waals surface area contributed by atoms with Gasteiger partial charge < -0.3 is 9.64 Å². The van der Waals surface area contributed by atoms with Crippen molar-refractivity contribution in [2.24, 2.45) is 5.92 Å². The monoisotopic (exact) mass is 377 g/mol. The van der Waals surface area contributed by atoms with Gasteiger partial charge in [-0.25, -0.2) is 4.98 Å². The molecule has 2 aromatic heterocycles. The fourth-order valence-electron chi connectivity index (χ4n) is 2.52. The van der Waals surface area contributed by atoms with Gasteiger partial charge in [-0.3, -0.25) is 4.98 Å². The summed E-state index contributed by atoms with van der Waals surface area (Å²) in [5.41, 5.74) is -0.819. The second kappa shape index (κ2) is 7.14. The highest BCUT2D eigenvalue weighted by molar-refractivity contribution is 7.13. The molecule has 2 aromatic rings. The number of alkyl halides is 3. The molecule has 4 nitrogen and oxygen atoms in total. The van der Waals surface area contributed by atoms with Crippen molar-refractivity contribution >= 4 is 28.1 Å². The maximum Gasteiger partial charge on any atom is 0.434 e. The molecule has 0 aromatic carbocycles. The Hall–Kier alpha value is -1.54. The number of aromatic nitrogens is 2. The third-order valence-electron chi connectivity index (χ3n) is 3.88. The Morgan fingerprint density at radius 3 is 2.71 bits per heavy atom. The van der Waals surface area contributed by atoms with Crippen LogP contribution in [0.4, 0.5) is 18.3 Å². The summed E-state index contributed by atoms with van der Waals surface area (Å²) in [5, 5.41) is 1.96. The predicted octanol–water partition coefficient (Wildman–Crippen LogP) is 4.51. The molecule has 0 saturated carbocycles. The molecular formula is C15H15ClF3N3OS. The van der Waals surface area contributed by atoms with Crippen molar-refractivity contribution in [2.75, 3.05) is 24.6 Å². The number of pyridine rings is 1. The van der Waals surface area contributed by atoms with E-state index in [2.05, 4.69) is 9.97 Å². The van der Waals surface area contributed by atoms with E-state index in [1.54, 1.807) is 12.3 Å². The second-order valence-corrected chi connectivity index (χ2v) is 6.80. The lowest BCUT2D eigenvalue weighted by molar-refractivity contribution is -0.140. The Morgan fingerprint density at radius 2 is 2.08 bits per heavy atom. The van der Waals surface area contributed by atoms with E-state index in [1.165, 1.54) is 6.20 Å². The summed E-state index contributed by atoms with van der Waals surface area (Å²) in [6.45, 7) is 1.87. The van der Waals surface area contributed by atoms with Crippen molar-refractivity contribution in [3.8, 4) is 5.75 Å². The first-order valence-electron chi connectivity index (χ1n) is 7.43. The van der Waals surface area contributed by atoms with Crippen LogP contribution >= 0.6 is 22.9 Å². The van der Waals surface area contributed by atoms with Gasteiger partial charge in [0.25, 0.3) is 0 Å². The Bertz CT molecular complexity index is 687. The van der Waals surface area contributed by atoms with E-state index in [0.29, 0.717) is 41.5 Å². The maximum absolute atomic E-state index is 12.6. The highest BCUT2D eigenvalue weighted by Gasteiger charge is 2.34. The lowest BCUT2D eigenvalue weighted by Gasteiger charge is -2.31. The zero-order valence-electron chi connectivity index (χ0n) is 12.6. The Labute approximate surface area is 146 Å². The normalized spacial score (nSPS) is 16.4. The molecule has 0 spiro atoms. The summed E-state index contributed by atoms with van der Waals surface area (Å²) in [7, 11) is 0. The minimum absolute atomic E-state index is 0.340. The lowest BCUT2D eigenvalue weighted by Crippen LogP contribution is -2.35. The summed E-state index contributed by atoms with van der Waals surface area (Å²) in [4.78, 5) is 9.50. The van der Waals surface area contributed by atoms with Crippen LogP contribution in [0.25, 0.3) is 0 Å². The van der Waals surface area contributed by atoms with Gasteiger partial charge in [0.15, 0.2) is 10.8 Å². The highest BCUT2D eigenvalue weighted by Crippen LogP contribution is 2.34. The van der Waals surface area contributed by atoms with Crippen LogP contribution in [0.3, 0.4) is 0 Å². The standard InChI is InChI=1S/C15H15ClF3N3OS/c16-11-7-20-4-1-12(11)23-8-10-2-5-22(6-3-10)14-21-13(9-24-14)15(17,18)19/h1,4,7,9-10H,2-3,5-6,8H2. The first-order valence-corrected chi connectivity index (χ1v) is 8.69. The molecule has 9 heteroatoms. The molecule has 130 valence electrons. The van der Waals surface area contributed by atoms with E-state index in [-0.39, 0.29) is 0 Å². The molecule has 1 aliphatic rings. The Morgan fingerprint density at radius 1 is 1.33 bits per heavy atom. The summed E-state index contributed by atoms with van der Waals surface area (Å²) >= 11 is 7.03. The van der Waals surface area contributed by atoms with Crippen LogP contribution in [0.1, 0.15) is 18.5 Å². The van der Waals surface area contributed by atoms with Crippen molar-refractivity contribution in [2.45, 2.75) is 19.0 Å². The third-order valence-corrected chi connectivity index (χ3v) is 5.06. The molecule has 1 fully saturated rings. The molecule has 0 atom stereocenters. The van der Waals surface area contributed by atoms with E-state index in [9.17, 15) is 13.2 Å². The number of anilines is 1. The largest absolute Gasteiger partial charge is 0.492 e. The van der Waals surface area contributed by atoms with Crippen molar-refractivity contribution in [3.63, 3.8) is 0 Å². The average Bonchev–Trinajstić information content (AvgIpc) is 3.05. The highest BCUT2D eigenvalue weighted by atomic mass is 35.5. The van der Waals surface area contributed by atoms with E-state index >= 15 is 0 Å². The van der Waals surface area contributed by atoms with Crippen LogP contribution in [0.2, 0.25) is 5.02 Å². The number of piperidine rings is 1. The summed E-state index contributed by atoms with van der Waals surface area (Å²) in [6, 6.07) is 1.71. The predicted molar refractivity (Wildman–Crippen MR) is 86.8 cm³/mol. The van der Waals surface area contributed by atoms with Crippen LogP contribution in [0.15, 0.2) is 23.8 Å². The smallest absolute Gasteiger partial charge is 0.434 e. The lowest BCUT2D eigenvalue weighted by atomic mass is 9.98. The van der Waals surface area contributed by atoms with Crippen molar-refractivity contribution in [1.29, 1.82) is 0 Å². The molecule has 0 radical (unpaired) electrons. The summed E-state index contributed by atoms with van der Waals surface area (Å²) < 4.78 is 43.6. The van der Waals surface area contributed by atoms with Gasteiger partial charge in [-0.2, -0.15) is 13.2 Å². The van der Waals surface area contributed by atoms with Crippen LogP contribution in [-0.4, -0.2) is 29.7 Å². The van der Waals surface area contributed by atoms with Gasteiger partial charge in [-0.15, -0.1) is 11.3 Å². The zero-order chi connectivity index (χ0) is 17.2. The number of hydrogen-bond donors (Lipinski definition) is 0. The van der Waals surface area contributed by atoms with Crippen LogP contribution in [0.5, 0.6) is 5.75 Å². The minimum Gasteiger partial charge on any atom is -0.492 e. The van der Waals surface area contributed by atoms with Crippen LogP contribution in [-0.2, 0) is 6.18 Å². The van der Waals surface area contributed by atoms with Crippen LogP contribution < -0.4 is 9.64 Å². The average molecular weight is 378 g/mol. The topological polar surface area (TPSA) is 38.2 Å². The summed E-state index contributed by atoms with van der Waals surface area (Å²) in [6.07, 6.45) is 0.433. The molecule has 1 aliphatic heterocycles. The third kappa shape index (κ3) is 4.10. The maximum atomic E-state index is 12.6. The number of hydrogen-bond acceptors (Lipinski definition) is 5. The van der Waals surface area contributed by atoms with Gasteiger partial charge in [0.1, 0.15) is 10.8 Å². The molecule has 0 amide bonds. The van der Waals surface area contributed by atoms with Gasteiger partial charge in [0.2, 0.25) is 0 Å². The van der Waals surface area contributed by atoms with Gasteiger partial charge in [-0.1, -0.05) is 11.6 Å². The molecule has 1 saturated heterocycles. The fraction of sp³-hybridized carbons (Fsp3) is 0.467. The van der Waals surface area contributed by atoms with E-state index in [0.717, 1.165) is 29.6 Å². The molecule has 0 aliphatic carbocycles.